The van der Waals surface area contributed by atoms with Crippen molar-refractivity contribution in [2.75, 3.05) is 11.9 Å². The summed E-state index contributed by atoms with van der Waals surface area (Å²) >= 11 is 9.22. The fourth-order valence-corrected chi connectivity index (χ4v) is 5.20. The van der Waals surface area contributed by atoms with Crippen LogP contribution in [-0.4, -0.2) is 34.3 Å². The van der Waals surface area contributed by atoms with Crippen molar-refractivity contribution in [3.63, 3.8) is 0 Å². The molecule has 2 amide bonds. The van der Waals surface area contributed by atoms with E-state index in [9.17, 15) is 9.59 Å². The lowest BCUT2D eigenvalue weighted by atomic mass is 10.1. The van der Waals surface area contributed by atoms with E-state index in [1.54, 1.807) is 17.2 Å². The third-order valence-electron chi connectivity index (χ3n) is 4.97. The highest BCUT2D eigenvalue weighted by Gasteiger charge is 2.35. The topological polar surface area (TPSA) is 62.3 Å². The number of benzene rings is 1. The summed E-state index contributed by atoms with van der Waals surface area (Å²) in [6.07, 6.45) is 3.92. The molecule has 5 nitrogen and oxygen atoms in total. The molecule has 0 saturated carbocycles. The molecule has 8 heteroatoms. The highest BCUT2D eigenvalue weighted by Crippen LogP contribution is 2.28. The predicted octanol–water partition coefficient (Wildman–Crippen LogP) is 5.00. The molecule has 0 aliphatic carbocycles. The molecule has 3 heterocycles. The first-order valence-electron chi connectivity index (χ1n) is 9.37. The van der Waals surface area contributed by atoms with Crippen LogP contribution in [0.15, 0.2) is 41.9 Å². The number of amides is 2. The van der Waals surface area contributed by atoms with E-state index in [1.807, 2.05) is 36.6 Å². The van der Waals surface area contributed by atoms with Gasteiger partial charge in [-0.15, -0.1) is 22.7 Å². The molecule has 1 fully saturated rings. The minimum Gasteiger partial charge on any atom is -0.326 e. The highest BCUT2D eigenvalue weighted by atomic mass is 35.5. The van der Waals surface area contributed by atoms with Gasteiger partial charge in [0.25, 0.3) is 5.91 Å². The number of thiophene rings is 1. The average molecular weight is 446 g/mol. The van der Waals surface area contributed by atoms with Crippen molar-refractivity contribution in [1.82, 2.24) is 9.88 Å². The molecule has 1 aliphatic rings. The Morgan fingerprint density at radius 2 is 2.17 bits per heavy atom. The molecule has 1 aliphatic heterocycles. The fraction of sp³-hybridized carbons (Fsp3) is 0.286. The zero-order valence-corrected chi connectivity index (χ0v) is 18.2. The van der Waals surface area contributed by atoms with Crippen molar-refractivity contribution in [1.29, 1.82) is 0 Å². The summed E-state index contributed by atoms with van der Waals surface area (Å²) in [4.78, 5) is 33.2. The van der Waals surface area contributed by atoms with Gasteiger partial charge in [0.1, 0.15) is 6.04 Å². The summed E-state index contributed by atoms with van der Waals surface area (Å²) in [6.45, 7) is 2.58. The first-order valence-corrected chi connectivity index (χ1v) is 11.4. The van der Waals surface area contributed by atoms with Crippen LogP contribution < -0.4 is 5.32 Å². The lowest BCUT2D eigenvalue weighted by Gasteiger charge is -2.22. The van der Waals surface area contributed by atoms with E-state index in [-0.39, 0.29) is 11.8 Å². The van der Waals surface area contributed by atoms with E-state index in [4.69, 9.17) is 11.6 Å². The summed E-state index contributed by atoms with van der Waals surface area (Å²) in [5.41, 5.74) is 2.08. The average Bonchev–Trinajstić information content (AvgIpc) is 3.46. The van der Waals surface area contributed by atoms with E-state index in [0.29, 0.717) is 29.4 Å². The van der Waals surface area contributed by atoms with Gasteiger partial charge < -0.3 is 10.2 Å². The minimum atomic E-state index is -0.455. The van der Waals surface area contributed by atoms with Crippen LogP contribution in [0.3, 0.4) is 0 Å². The number of rotatable bonds is 5. The maximum Gasteiger partial charge on any atom is 0.264 e. The Morgan fingerprint density at radius 1 is 1.31 bits per heavy atom. The van der Waals surface area contributed by atoms with Crippen LogP contribution in [0.1, 0.15) is 38.5 Å². The molecular formula is C21H20ClN3O2S2. The van der Waals surface area contributed by atoms with Gasteiger partial charge in [-0.1, -0.05) is 35.9 Å². The smallest absolute Gasteiger partial charge is 0.264 e. The van der Waals surface area contributed by atoms with E-state index in [0.717, 1.165) is 27.4 Å². The SMILES string of the molecule is Cc1cccc(Cc2cnc(NC(=O)[C@@H]3CCCN3C(=O)c3cccs3)s2)c1Cl. The third kappa shape index (κ3) is 4.37. The van der Waals surface area contributed by atoms with Crippen LogP contribution in [0, 0.1) is 6.92 Å². The Bertz CT molecular complexity index is 1030. The van der Waals surface area contributed by atoms with Gasteiger partial charge in [0.15, 0.2) is 5.13 Å². The molecule has 0 spiro atoms. The number of likely N-dealkylation sites (tertiary alicyclic amines) is 1. The summed E-state index contributed by atoms with van der Waals surface area (Å²) in [7, 11) is 0. The Kier molecular flexibility index (Phi) is 5.99. The van der Waals surface area contributed by atoms with Crippen molar-refractivity contribution >= 4 is 51.2 Å². The standard InChI is InChI=1S/C21H20ClN3O2S2/c1-13-5-2-6-14(18(13)22)11-15-12-23-21(29-15)24-19(26)16-7-3-9-25(16)20(27)17-8-4-10-28-17/h2,4-6,8,10,12,16H,3,7,9,11H2,1H3,(H,23,24,26)/t16-/m0/s1. The molecule has 0 radical (unpaired) electrons. The number of nitrogens with one attached hydrogen (secondary N) is 1. The van der Waals surface area contributed by atoms with Crippen molar-refractivity contribution in [2.45, 2.75) is 32.2 Å². The van der Waals surface area contributed by atoms with E-state index < -0.39 is 6.04 Å². The Balaban J connectivity index is 1.42. The van der Waals surface area contributed by atoms with Crippen LogP contribution in [0.2, 0.25) is 5.02 Å². The van der Waals surface area contributed by atoms with Crippen molar-refractivity contribution in [3.8, 4) is 0 Å². The number of anilines is 1. The van der Waals surface area contributed by atoms with E-state index >= 15 is 0 Å². The number of thiazole rings is 1. The molecular weight excluding hydrogens is 426 g/mol. The van der Waals surface area contributed by atoms with Gasteiger partial charge in [-0.3, -0.25) is 9.59 Å². The highest BCUT2D eigenvalue weighted by molar-refractivity contribution is 7.15. The molecule has 0 unspecified atom stereocenters. The second-order valence-corrected chi connectivity index (χ2v) is 9.42. The Hall–Kier alpha value is -2.22. The normalized spacial score (nSPS) is 16.2. The summed E-state index contributed by atoms with van der Waals surface area (Å²) in [5, 5.41) is 6.07. The molecule has 29 heavy (non-hydrogen) atoms. The number of aromatic nitrogens is 1. The van der Waals surface area contributed by atoms with Gasteiger partial charge >= 0.3 is 0 Å². The summed E-state index contributed by atoms with van der Waals surface area (Å²) < 4.78 is 0. The number of nitrogens with zero attached hydrogens (tertiary/aromatic N) is 2. The summed E-state index contributed by atoms with van der Waals surface area (Å²) in [5.74, 6) is -0.256. The largest absolute Gasteiger partial charge is 0.326 e. The number of carbonyl (C=O) groups is 2. The van der Waals surface area contributed by atoms with Gasteiger partial charge in [0.05, 0.1) is 4.88 Å². The van der Waals surface area contributed by atoms with Gasteiger partial charge in [0.2, 0.25) is 5.91 Å². The second kappa shape index (κ2) is 8.65. The quantitative estimate of drug-likeness (QED) is 0.601. The molecule has 2 aromatic heterocycles. The van der Waals surface area contributed by atoms with Gasteiger partial charge in [-0.05, 0) is 42.3 Å². The fourth-order valence-electron chi connectivity index (χ4n) is 3.49. The van der Waals surface area contributed by atoms with Gasteiger partial charge in [-0.25, -0.2) is 4.98 Å². The zero-order valence-electron chi connectivity index (χ0n) is 15.9. The van der Waals surface area contributed by atoms with Crippen LogP contribution >= 0.6 is 34.3 Å². The molecule has 3 aromatic rings. The van der Waals surface area contributed by atoms with Crippen LogP contribution in [0.4, 0.5) is 5.13 Å². The van der Waals surface area contributed by atoms with Crippen molar-refractivity contribution in [3.05, 3.63) is 67.8 Å². The molecule has 1 N–H and O–H groups in total. The molecule has 4 rings (SSSR count). The first kappa shape index (κ1) is 20.1. The predicted molar refractivity (Wildman–Crippen MR) is 118 cm³/mol. The number of halogens is 1. The van der Waals surface area contributed by atoms with Crippen LogP contribution in [0.25, 0.3) is 0 Å². The molecule has 1 aromatic carbocycles. The maximum atomic E-state index is 12.8. The Labute approximate surface area is 182 Å². The first-order chi connectivity index (χ1) is 14.0. The molecule has 0 bridgehead atoms. The zero-order chi connectivity index (χ0) is 20.4. The number of hydrogen-bond donors (Lipinski definition) is 1. The van der Waals surface area contributed by atoms with Crippen molar-refractivity contribution < 1.29 is 9.59 Å². The minimum absolute atomic E-state index is 0.0773. The molecule has 150 valence electrons. The number of carbonyl (C=O) groups excluding carboxylic acids is 2. The van der Waals surface area contributed by atoms with Gasteiger partial charge in [0, 0.05) is 29.1 Å². The Morgan fingerprint density at radius 3 is 2.97 bits per heavy atom. The van der Waals surface area contributed by atoms with E-state index in [1.165, 1.54) is 22.7 Å². The van der Waals surface area contributed by atoms with Crippen LogP contribution in [-0.2, 0) is 11.2 Å². The third-order valence-corrected chi connectivity index (χ3v) is 7.28. The van der Waals surface area contributed by atoms with Gasteiger partial charge in [-0.2, -0.15) is 0 Å². The summed E-state index contributed by atoms with van der Waals surface area (Å²) in [6, 6.07) is 9.15. The monoisotopic (exact) mass is 445 g/mol. The molecule has 1 saturated heterocycles. The lowest BCUT2D eigenvalue weighted by molar-refractivity contribution is -0.119. The van der Waals surface area contributed by atoms with E-state index in [2.05, 4.69) is 10.3 Å². The lowest BCUT2D eigenvalue weighted by Crippen LogP contribution is -2.42. The number of aryl methyl sites for hydroxylation is 1. The molecule has 1 atom stereocenters. The maximum absolute atomic E-state index is 12.8. The van der Waals surface area contributed by atoms with Crippen LogP contribution in [0.5, 0.6) is 0 Å². The number of hydrogen-bond acceptors (Lipinski definition) is 5. The second-order valence-electron chi connectivity index (χ2n) is 6.98. The van der Waals surface area contributed by atoms with Crippen molar-refractivity contribution in [2.24, 2.45) is 0 Å².